The van der Waals surface area contributed by atoms with Gasteiger partial charge in [0, 0.05) is 48.1 Å². The second-order valence-corrected chi connectivity index (χ2v) is 11.4. The monoisotopic (exact) mass is 633 g/mol. The molecule has 3 aromatic carbocycles. The molecule has 7 rings (SSSR count). The third-order valence-corrected chi connectivity index (χ3v) is 8.33. The zero-order valence-electron chi connectivity index (χ0n) is 23.6. The van der Waals surface area contributed by atoms with Crippen LogP contribution in [0.3, 0.4) is 0 Å². The maximum Gasteiger partial charge on any atom is 0.217 e. The Kier molecular flexibility index (Phi) is 8.05. The van der Waals surface area contributed by atoms with Gasteiger partial charge < -0.3 is 24.0 Å². The third-order valence-electron chi connectivity index (χ3n) is 7.78. The molecule has 0 aliphatic carbocycles. The second-order valence-electron chi connectivity index (χ2n) is 10.6. The van der Waals surface area contributed by atoms with Crippen LogP contribution in [-0.4, -0.2) is 80.5 Å². The van der Waals surface area contributed by atoms with Crippen LogP contribution in [0, 0.1) is 0 Å². The first-order valence-electron chi connectivity index (χ1n) is 14.2. The van der Waals surface area contributed by atoms with Crippen LogP contribution >= 0.6 is 23.2 Å². The molecule has 0 N–H and O–H groups in total. The predicted octanol–water partition coefficient (Wildman–Crippen LogP) is 4.23. The molecular weight excluding hydrogens is 605 g/mol. The number of aromatic nitrogens is 7. The first-order valence-corrected chi connectivity index (χ1v) is 15.0. The van der Waals surface area contributed by atoms with Crippen molar-refractivity contribution in [2.45, 2.75) is 18.4 Å². The van der Waals surface area contributed by atoms with E-state index in [-0.39, 0.29) is 12.6 Å². The number of nitrogens with zero attached hydrogens (tertiary/aromatic N) is 9. The van der Waals surface area contributed by atoms with Crippen molar-refractivity contribution < 1.29 is 14.2 Å². The number of halogens is 2. The molecule has 0 radical (unpaired) electrons. The number of hydrogen-bond acceptors (Lipinski definition) is 10. The van der Waals surface area contributed by atoms with Crippen molar-refractivity contribution in [2.75, 3.05) is 49.2 Å². The summed E-state index contributed by atoms with van der Waals surface area (Å²) < 4.78 is 22.1. The van der Waals surface area contributed by atoms with Crippen molar-refractivity contribution in [2.24, 2.45) is 0 Å². The molecule has 4 heterocycles. The minimum Gasteiger partial charge on any atom is -0.491 e. The fraction of sp³-hybridized carbons (Fsp3) is 0.300. The van der Waals surface area contributed by atoms with Crippen LogP contribution in [0.1, 0.15) is 5.56 Å². The molecule has 226 valence electrons. The smallest absolute Gasteiger partial charge is 0.217 e. The first kappa shape index (κ1) is 28.5. The van der Waals surface area contributed by atoms with Gasteiger partial charge in [-0.2, -0.15) is 5.10 Å². The molecule has 0 saturated carbocycles. The molecule has 2 atom stereocenters. The lowest BCUT2D eigenvalue weighted by molar-refractivity contribution is -0.190. The van der Waals surface area contributed by atoms with Crippen LogP contribution in [0.2, 0.25) is 10.0 Å². The second kappa shape index (κ2) is 12.4. The Labute approximate surface area is 263 Å². The van der Waals surface area contributed by atoms with E-state index in [1.54, 1.807) is 34.2 Å². The summed E-state index contributed by atoms with van der Waals surface area (Å²) in [5.41, 5.74) is 3.96. The van der Waals surface area contributed by atoms with Crippen molar-refractivity contribution >= 4 is 34.6 Å². The molecule has 0 bridgehead atoms. The Balaban J connectivity index is 0.936. The molecule has 0 amide bonds. The largest absolute Gasteiger partial charge is 0.491 e. The van der Waals surface area contributed by atoms with E-state index in [0.29, 0.717) is 28.8 Å². The van der Waals surface area contributed by atoms with Gasteiger partial charge in [0.2, 0.25) is 5.79 Å². The summed E-state index contributed by atoms with van der Waals surface area (Å²) in [4.78, 5) is 8.82. The molecule has 2 saturated heterocycles. The Bertz CT molecular complexity index is 1660. The van der Waals surface area contributed by atoms with Crippen LogP contribution in [0.25, 0.3) is 5.69 Å². The fourth-order valence-corrected chi connectivity index (χ4v) is 6.10. The number of piperazine rings is 1. The van der Waals surface area contributed by atoms with E-state index < -0.39 is 5.79 Å². The van der Waals surface area contributed by atoms with Crippen LogP contribution in [0.5, 0.6) is 5.75 Å². The number of rotatable bonds is 9. The number of hydrogen-bond donors (Lipinski definition) is 0. The average Bonchev–Trinajstić information content (AvgIpc) is 3.85. The van der Waals surface area contributed by atoms with Gasteiger partial charge in [-0.05, 0) is 71.1 Å². The Morgan fingerprint density at radius 3 is 2.20 bits per heavy atom. The molecule has 14 heteroatoms. The molecule has 12 nitrogen and oxygen atoms in total. The third kappa shape index (κ3) is 6.06. The first-order chi connectivity index (χ1) is 21.5. The minimum atomic E-state index is -1.15. The highest BCUT2D eigenvalue weighted by atomic mass is 35.5. The standard InChI is InChI=1S/C30H29Cl2N9O3/c31-22-1-10-28(29(32)15-22)30(18-40-20-33-19-35-40)43-17-27(44-30)16-42-26-8-6-24(7-9-26)39-13-11-38(12-14-39)23-2-4-25(5-3-23)41-21-34-36-37-41/h1-10,15,19-21,27H,11-14,16-18H2. The number of ether oxygens (including phenoxy) is 3. The van der Waals surface area contributed by atoms with Gasteiger partial charge in [-0.1, -0.05) is 29.3 Å². The van der Waals surface area contributed by atoms with Crippen LogP contribution in [-0.2, 0) is 21.8 Å². The Morgan fingerprint density at radius 1 is 0.864 bits per heavy atom. The van der Waals surface area contributed by atoms with Gasteiger partial charge in [-0.25, -0.2) is 14.3 Å². The average molecular weight is 635 g/mol. The van der Waals surface area contributed by atoms with E-state index in [2.05, 4.69) is 59.7 Å². The number of benzene rings is 3. The predicted molar refractivity (Wildman–Crippen MR) is 165 cm³/mol. The van der Waals surface area contributed by atoms with Gasteiger partial charge >= 0.3 is 0 Å². The molecule has 2 aromatic heterocycles. The molecule has 5 aromatic rings. The zero-order valence-corrected chi connectivity index (χ0v) is 25.1. The quantitative estimate of drug-likeness (QED) is 0.234. The lowest BCUT2D eigenvalue weighted by Gasteiger charge is -2.37. The van der Waals surface area contributed by atoms with Gasteiger partial charge in [-0.3, -0.25) is 0 Å². The van der Waals surface area contributed by atoms with E-state index in [1.165, 1.54) is 12.0 Å². The maximum atomic E-state index is 6.57. The van der Waals surface area contributed by atoms with E-state index in [1.807, 2.05) is 30.3 Å². The molecule has 44 heavy (non-hydrogen) atoms. The molecule has 0 spiro atoms. The molecule has 2 aliphatic heterocycles. The molecule has 2 aliphatic rings. The highest BCUT2D eigenvalue weighted by Gasteiger charge is 2.45. The lowest BCUT2D eigenvalue weighted by atomic mass is 10.1. The van der Waals surface area contributed by atoms with Crippen molar-refractivity contribution in [1.82, 2.24) is 35.0 Å². The maximum absolute atomic E-state index is 6.57. The van der Waals surface area contributed by atoms with Crippen molar-refractivity contribution in [1.29, 1.82) is 0 Å². The van der Waals surface area contributed by atoms with E-state index in [9.17, 15) is 0 Å². The highest BCUT2D eigenvalue weighted by Crippen LogP contribution is 2.40. The van der Waals surface area contributed by atoms with Gasteiger partial charge in [0.25, 0.3) is 0 Å². The topological polar surface area (TPSA) is 108 Å². The molecule has 2 fully saturated rings. The summed E-state index contributed by atoms with van der Waals surface area (Å²) >= 11 is 12.7. The van der Waals surface area contributed by atoms with Crippen LogP contribution in [0.15, 0.2) is 85.7 Å². The minimum absolute atomic E-state index is 0.277. The molecular formula is C30H29Cl2N9O3. The lowest BCUT2D eigenvalue weighted by Crippen LogP contribution is -2.46. The normalized spacial score (nSPS) is 20.3. The van der Waals surface area contributed by atoms with Crippen LogP contribution < -0.4 is 14.5 Å². The fourth-order valence-electron chi connectivity index (χ4n) is 5.54. The summed E-state index contributed by atoms with van der Waals surface area (Å²) in [5.74, 6) is -0.386. The van der Waals surface area contributed by atoms with Gasteiger partial charge in [0.05, 0.1) is 17.3 Å². The summed E-state index contributed by atoms with van der Waals surface area (Å²) in [6, 6.07) is 21.7. The Morgan fingerprint density at radius 2 is 1.57 bits per heavy atom. The van der Waals surface area contributed by atoms with Crippen molar-refractivity contribution in [3.8, 4) is 11.4 Å². The van der Waals surface area contributed by atoms with Gasteiger partial charge in [0.1, 0.15) is 44.0 Å². The van der Waals surface area contributed by atoms with E-state index in [4.69, 9.17) is 37.4 Å². The zero-order chi connectivity index (χ0) is 29.9. The van der Waals surface area contributed by atoms with Crippen molar-refractivity contribution in [3.63, 3.8) is 0 Å². The SMILES string of the molecule is Clc1ccc(C2(Cn3cncn3)OCC(COc3ccc(N4CCN(c5ccc(-n6cnnn6)cc5)CC4)cc3)O2)c(Cl)c1. The molecule has 2 unspecified atom stereocenters. The van der Waals surface area contributed by atoms with Crippen molar-refractivity contribution in [3.05, 3.63) is 101 Å². The van der Waals surface area contributed by atoms with Crippen LogP contribution in [0.4, 0.5) is 11.4 Å². The van der Waals surface area contributed by atoms with Gasteiger partial charge in [0.15, 0.2) is 0 Å². The summed E-state index contributed by atoms with van der Waals surface area (Å²) in [6.45, 7) is 4.61. The van der Waals surface area contributed by atoms with Gasteiger partial charge in [-0.15, -0.1) is 5.10 Å². The summed E-state index contributed by atoms with van der Waals surface area (Å²) in [5, 5.41) is 16.6. The number of anilines is 2. The summed E-state index contributed by atoms with van der Waals surface area (Å²) in [6.07, 6.45) is 4.35. The van der Waals surface area contributed by atoms with E-state index in [0.717, 1.165) is 43.3 Å². The Hall–Kier alpha value is -4.23. The highest BCUT2D eigenvalue weighted by molar-refractivity contribution is 6.35. The van der Waals surface area contributed by atoms with E-state index >= 15 is 0 Å². The summed E-state index contributed by atoms with van der Waals surface area (Å²) in [7, 11) is 0. The number of tetrazole rings is 1.